The smallest absolute Gasteiger partial charge is 0.106 e. The van der Waals surface area contributed by atoms with Crippen molar-refractivity contribution in [2.24, 2.45) is 5.16 Å². The van der Waals surface area contributed by atoms with Gasteiger partial charge in [-0.15, -0.1) is 0 Å². The summed E-state index contributed by atoms with van der Waals surface area (Å²) in [6.07, 6.45) is 1.71. The first-order chi connectivity index (χ1) is 3.77. The Kier molecular flexibility index (Phi) is 4.26. The van der Waals surface area contributed by atoms with E-state index in [4.69, 9.17) is 0 Å². The largest absolute Gasteiger partial charge is 0.399 e. The van der Waals surface area contributed by atoms with Crippen LogP contribution in [0.4, 0.5) is 0 Å². The van der Waals surface area contributed by atoms with Crippen LogP contribution in [0.25, 0.3) is 0 Å². The van der Waals surface area contributed by atoms with Crippen LogP contribution in [0.3, 0.4) is 0 Å². The molecule has 0 unspecified atom stereocenters. The molecule has 0 saturated carbocycles. The Labute approximate surface area is 49.9 Å². The van der Waals surface area contributed by atoms with Crippen molar-refractivity contribution in [1.82, 2.24) is 4.90 Å². The van der Waals surface area contributed by atoms with Crippen molar-refractivity contribution in [3.8, 4) is 0 Å². The number of rotatable bonds is 3. The summed E-state index contributed by atoms with van der Waals surface area (Å²) in [5, 5.41) is 3.55. The van der Waals surface area contributed by atoms with E-state index in [2.05, 4.69) is 9.99 Å². The van der Waals surface area contributed by atoms with Crippen molar-refractivity contribution >= 4 is 6.21 Å². The topological polar surface area (TPSA) is 24.8 Å². The first kappa shape index (κ1) is 7.43. The molecule has 8 heavy (non-hydrogen) atoms. The van der Waals surface area contributed by atoms with Gasteiger partial charge < -0.3 is 9.74 Å². The summed E-state index contributed by atoms with van der Waals surface area (Å²) in [7, 11) is 5.48. The van der Waals surface area contributed by atoms with Gasteiger partial charge in [0.2, 0.25) is 0 Å². The van der Waals surface area contributed by atoms with E-state index in [9.17, 15) is 0 Å². The van der Waals surface area contributed by atoms with Crippen LogP contribution in [0.2, 0.25) is 0 Å². The molecule has 0 aromatic rings. The first-order valence-corrected chi connectivity index (χ1v) is 2.47. The standard InChI is InChI=1S/C5H12N2O/c1-7(2)5-4-6-8-3/h4H,5H2,1-3H3/b6-4+. The molecule has 0 heterocycles. The van der Waals surface area contributed by atoms with Gasteiger partial charge in [0, 0.05) is 6.54 Å². The van der Waals surface area contributed by atoms with E-state index < -0.39 is 0 Å². The highest BCUT2D eigenvalue weighted by Gasteiger charge is 1.80. The zero-order chi connectivity index (χ0) is 6.41. The van der Waals surface area contributed by atoms with Crippen molar-refractivity contribution in [1.29, 1.82) is 0 Å². The highest BCUT2D eigenvalue weighted by atomic mass is 16.6. The summed E-state index contributed by atoms with van der Waals surface area (Å²) in [4.78, 5) is 6.44. The zero-order valence-electron chi connectivity index (χ0n) is 5.59. The van der Waals surface area contributed by atoms with Crippen LogP contribution in [0.5, 0.6) is 0 Å². The number of oxime groups is 1. The molecule has 0 spiro atoms. The highest BCUT2D eigenvalue weighted by Crippen LogP contribution is 1.69. The van der Waals surface area contributed by atoms with Crippen LogP contribution in [0.15, 0.2) is 5.16 Å². The molecule has 0 rings (SSSR count). The normalized spacial score (nSPS) is 11.0. The van der Waals surface area contributed by atoms with Crippen molar-refractivity contribution in [2.45, 2.75) is 0 Å². The number of hydrogen-bond donors (Lipinski definition) is 0. The molecular formula is C5H12N2O. The minimum atomic E-state index is 0.827. The number of hydrogen-bond acceptors (Lipinski definition) is 3. The van der Waals surface area contributed by atoms with Gasteiger partial charge in [0.15, 0.2) is 0 Å². The predicted molar refractivity (Wildman–Crippen MR) is 34.1 cm³/mol. The minimum Gasteiger partial charge on any atom is -0.399 e. The van der Waals surface area contributed by atoms with Crippen molar-refractivity contribution in [3.63, 3.8) is 0 Å². The third-order valence-corrected chi connectivity index (χ3v) is 0.627. The highest BCUT2D eigenvalue weighted by molar-refractivity contribution is 5.58. The molecule has 3 heteroatoms. The van der Waals surface area contributed by atoms with E-state index >= 15 is 0 Å². The molecule has 0 amide bonds. The van der Waals surface area contributed by atoms with Gasteiger partial charge >= 0.3 is 0 Å². The molecule has 0 bridgehead atoms. The van der Waals surface area contributed by atoms with E-state index in [1.54, 1.807) is 6.21 Å². The Hall–Kier alpha value is -0.570. The molecule has 0 aromatic heterocycles. The lowest BCUT2D eigenvalue weighted by Crippen LogP contribution is -2.13. The molecule has 0 aliphatic heterocycles. The van der Waals surface area contributed by atoms with Gasteiger partial charge in [0.05, 0.1) is 6.21 Å². The van der Waals surface area contributed by atoms with Gasteiger partial charge in [-0.25, -0.2) is 0 Å². The summed E-state index contributed by atoms with van der Waals surface area (Å²) in [5.41, 5.74) is 0. The molecule has 3 nitrogen and oxygen atoms in total. The van der Waals surface area contributed by atoms with Crippen molar-refractivity contribution in [3.05, 3.63) is 0 Å². The molecule has 0 aromatic carbocycles. The fraction of sp³-hybridized carbons (Fsp3) is 0.800. The monoisotopic (exact) mass is 116 g/mol. The van der Waals surface area contributed by atoms with E-state index in [1.165, 1.54) is 7.11 Å². The predicted octanol–water partition coefficient (Wildman–Crippen LogP) is 0.180. The molecule has 0 fully saturated rings. The fourth-order valence-corrected chi connectivity index (χ4v) is 0.271. The lowest BCUT2D eigenvalue weighted by Gasteiger charge is -2.01. The maximum atomic E-state index is 4.43. The molecule has 0 N–H and O–H groups in total. The Balaban J connectivity index is 3.03. The zero-order valence-corrected chi connectivity index (χ0v) is 5.59. The third kappa shape index (κ3) is 5.43. The van der Waals surface area contributed by atoms with Crippen LogP contribution in [0.1, 0.15) is 0 Å². The summed E-state index contributed by atoms with van der Waals surface area (Å²) in [5.74, 6) is 0. The van der Waals surface area contributed by atoms with Crippen LogP contribution in [-0.4, -0.2) is 38.9 Å². The van der Waals surface area contributed by atoms with Gasteiger partial charge in [-0.1, -0.05) is 5.16 Å². The van der Waals surface area contributed by atoms with E-state index in [0.717, 1.165) is 6.54 Å². The number of nitrogens with zero attached hydrogens (tertiary/aromatic N) is 2. The Morgan fingerprint density at radius 3 is 2.62 bits per heavy atom. The maximum absolute atomic E-state index is 4.43. The molecule has 0 radical (unpaired) electrons. The SMILES string of the molecule is CO/N=C/CN(C)C. The summed E-state index contributed by atoms with van der Waals surface area (Å²) < 4.78 is 0. The van der Waals surface area contributed by atoms with Crippen LogP contribution in [0, 0.1) is 0 Å². The molecule has 0 aliphatic rings. The minimum absolute atomic E-state index is 0.827. The van der Waals surface area contributed by atoms with E-state index in [0.29, 0.717) is 0 Å². The average Bonchev–Trinajstić information content (AvgIpc) is 1.66. The summed E-state index contributed by atoms with van der Waals surface area (Å²) in [6, 6.07) is 0. The second-order valence-electron chi connectivity index (χ2n) is 1.73. The van der Waals surface area contributed by atoms with E-state index in [-0.39, 0.29) is 0 Å². The lowest BCUT2D eigenvalue weighted by atomic mass is 10.7. The Morgan fingerprint density at radius 2 is 2.25 bits per heavy atom. The molecule has 0 aliphatic carbocycles. The molecular weight excluding hydrogens is 104 g/mol. The van der Waals surface area contributed by atoms with E-state index in [1.807, 2.05) is 19.0 Å². The Morgan fingerprint density at radius 1 is 1.62 bits per heavy atom. The summed E-state index contributed by atoms with van der Waals surface area (Å²) in [6.45, 7) is 0.827. The summed E-state index contributed by atoms with van der Waals surface area (Å²) >= 11 is 0. The van der Waals surface area contributed by atoms with Gasteiger partial charge in [0.25, 0.3) is 0 Å². The molecule has 48 valence electrons. The first-order valence-electron chi connectivity index (χ1n) is 2.47. The van der Waals surface area contributed by atoms with Gasteiger partial charge in [-0.05, 0) is 14.1 Å². The molecule has 0 saturated heterocycles. The van der Waals surface area contributed by atoms with Crippen molar-refractivity contribution in [2.75, 3.05) is 27.7 Å². The van der Waals surface area contributed by atoms with Gasteiger partial charge in [-0.2, -0.15) is 0 Å². The quantitative estimate of drug-likeness (QED) is 0.388. The van der Waals surface area contributed by atoms with Gasteiger partial charge in [0.1, 0.15) is 7.11 Å². The second kappa shape index (κ2) is 4.59. The van der Waals surface area contributed by atoms with Gasteiger partial charge in [-0.3, -0.25) is 0 Å². The van der Waals surface area contributed by atoms with Crippen LogP contribution in [-0.2, 0) is 4.84 Å². The van der Waals surface area contributed by atoms with Crippen LogP contribution < -0.4 is 0 Å². The lowest BCUT2D eigenvalue weighted by molar-refractivity contribution is 0.213. The molecule has 0 atom stereocenters. The third-order valence-electron chi connectivity index (χ3n) is 0.627. The second-order valence-corrected chi connectivity index (χ2v) is 1.73. The van der Waals surface area contributed by atoms with Crippen LogP contribution >= 0.6 is 0 Å². The average molecular weight is 116 g/mol. The van der Waals surface area contributed by atoms with Crippen molar-refractivity contribution < 1.29 is 4.84 Å². The fourth-order valence-electron chi connectivity index (χ4n) is 0.271. The Bertz CT molecular complexity index is 70.8. The maximum Gasteiger partial charge on any atom is 0.106 e.